The topological polar surface area (TPSA) is 38.9 Å². The Morgan fingerprint density at radius 2 is 1.10 bits per heavy atom. The molecule has 0 fully saturated rings. The Labute approximate surface area is 280 Å². The third-order valence-corrected chi connectivity index (χ3v) is 10.5. The fourth-order valence-electron chi connectivity index (χ4n) is 6.96. The number of nitrogens with zero attached hydrogens (tertiary/aromatic N) is 2. The Morgan fingerprint density at radius 1 is 0.479 bits per heavy atom. The van der Waals surface area contributed by atoms with Crippen LogP contribution >= 0.6 is 11.3 Å². The molecule has 0 amide bonds. The molecule has 10 aromatic rings. The van der Waals surface area contributed by atoms with E-state index in [2.05, 4.69) is 152 Å². The predicted octanol–water partition coefficient (Wildman–Crippen LogP) is 12.6. The predicted molar refractivity (Wildman–Crippen MR) is 201 cm³/mol. The number of thiophene rings is 1. The summed E-state index contributed by atoms with van der Waals surface area (Å²) >= 11 is 1.75. The van der Waals surface area contributed by atoms with Crippen LogP contribution in [-0.4, -0.2) is 9.97 Å². The molecule has 0 bridgehead atoms. The van der Waals surface area contributed by atoms with E-state index in [1.807, 2.05) is 6.07 Å². The van der Waals surface area contributed by atoms with Gasteiger partial charge in [0.2, 0.25) is 0 Å². The Balaban J connectivity index is 1.26. The molecule has 0 aliphatic heterocycles. The van der Waals surface area contributed by atoms with Crippen molar-refractivity contribution in [1.29, 1.82) is 0 Å². The molecule has 0 unspecified atom stereocenters. The third kappa shape index (κ3) is 4.27. The maximum absolute atomic E-state index is 6.85. The molecule has 0 spiro atoms. The van der Waals surface area contributed by atoms with Gasteiger partial charge in [-0.3, -0.25) is 0 Å². The third-order valence-electron chi connectivity index (χ3n) is 9.30. The first kappa shape index (κ1) is 27.1. The molecule has 0 saturated heterocycles. The van der Waals surface area contributed by atoms with Gasteiger partial charge in [-0.2, -0.15) is 0 Å². The van der Waals surface area contributed by atoms with Crippen LogP contribution in [0.5, 0.6) is 0 Å². The van der Waals surface area contributed by atoms with Crippen LogP contribution < -0.4 is 0 Å². The Bertz CT molecular complexity index is 2820. The van der Waals surface area contributed by atoms with Crippen LogP contribution in [0.1, 0.15) is 0 Å². The van der Waals surface area contributed by atoms with Crippen LogP contribution in [0.2, 0.25) is 0 Å². The maximum atomic E-state index is 6.85. The summed E-state index contributed by atoms with van der Waals surface area (Å²) in [5, 5.41) is 5.62. The highest BCUT2D eigenvalue weighted by Crippen LogP contribution is 2.44. The Kier molecular flexibility index (Phi) is 6.05. The molecule has 0 saturated carbocycles. The van der Waals surface area contributed by atoms with Gasteiger partial charge in [-0.05, 0) is 57.3 Å². The lowest BCUT2D eigenvalue weighted by atomic mass is 9.94. The van der Waals surface area contributed by atoms with E-state index < -0.39 is 0 Å². The fourth-order valence-corrected chi connectivity index (χ4v) is 8.11. The number of hydrogen-bond donors (Lipinski definition) is 0. The number of furan rings is 1. The lowest BCUT2D eigenvalue weighted by Gasteiger charge is -2.10. The maximum Gasteiger partial charge on any atom is 0.164 e. The van der Waals surface area contributed by atoms with E-state index in [1.165, 1.54) is 21.2 Å². The minimum Gasteiger partial charge on any atom is -0.455 e. The molecule has 7 aromatic carbocycles. The van der Waals surface area contributed by atoms with E-state index in [-0.39, 0.29) is 0 Å². The fraction of sp³-hybridized carbons (Fsp3) is 0. The molecule has 3 aromatic heterocycles. The summed E-state index contributed by atoms with van der Waals surface area (Å²) in [5.74, 6) is 0.657. The highest BCUT2D eigenvalue weighted by molar-refractivity contribution is 7.26. The van der Waals surface area contributed by atoms with Crippen LogP contribution in [-0.2, 0) is 0 Å². The molecule has 4 heteroatoms. The van der Waals surface area contributed by atoms with E-state index in [1.54, 1.807) is 11.3 Å². The van der Waals surface area contributed by atoms with Gasteiger partial charge >= 0.3 is 0 Å². The summed E-state index contributed by atoms with van der Waals surface area (Å²) in [6, 6.07) is 55.5. The number of fused-ring (bicyclic) bond motifs is 7. The molecule has 3 nitrogen and oxygen atoms in total. The molecular weight excluding hydrogens is 605 g/mol. The molecule has 0 atom stereocenters. The molecule has 0 aliphatic carbocycles. The minimum absolute atomic E-state index is 0.657. The van der Waals surface area contributed by atoms with Crippen molar-refractivity contribution in [3.05, 3.63) is 158 Å². The van der Waals surface area contributed by atoms with Crippen molar-refractivity contribution in [2.75, 3.05) is 0 Å². The molecule has 224 valence electrons. The average molecular weight is 631 g/mol. The number of benzene rings is 7. The quantitative estimate of drug-likeness (QED) is 0.194. The highest BCUT2D eigenvalue weighted by Gasteiger charge is 2.22. The van der Waals surface area contributed by atoms with Crippen molar-refractivity contribution < 1.29 is 4.42 Å². The molecule has 48 heavy (non-hydrogen) atoms. The van der Waals surface area contributed by atoms with E-state index in [0.29, 0.717) is 5.82 Å². The van der Waals surface area contributed by atoms with Crippen LogP contribution in [0.4, 0.5) is 0 Å². The Morgan fingerprint density at radius 3 is 1.90 bits per heavy atom. The van der Waals surface area contributed by atoms with Gasteiger partial charge in [-0.1, -0.05) is 133 Å². The highest BCUT2D eigenvalue weighted by atomic mass is 32.1. The second kappa shape index (κ2) is 10.7. The largest absolute Gasteiger partial charge is 0.455 e. The number of aromatic nitrogens is 2. The summed E-state index contributed by atoms with van der Waals surface area (Å²) < 4.78 is 9.14. The van der Waals surface area contributed by atoms with Gasteiger partial charge < -0.3 is 4.42 Å². The first-order chi connectivity index (χ1) is 23.8. The van der Waals surface area contributed by atoms with Gasteiger partial charge in [0.15, 0.2) is 5.82 Å². The molecule has 0 radical (unpaired) electrons. The van der Waals surface area contributed by atoms with Gasteiger partial charge in [-0.15, -0.1) is 11.3 Å². The summed E-state index contributed by atoms with van der Waals surface area (Å²) in [4.78, 5) is 10.6. The zero-order chi connectivity index (χ0) is 31.6. The summed E-state index contributed by atoms with van der Waals surface area (Å²) in [6.45, 7) is 0. The molecular formula is C44H26N2OS. The monoisotopic (exact) mass is 630 g/mol. The van der Waals surface area contributed by atoms with Crippen LogP contribution in [0, 0.1) is 0 Å². The van der Waals surface area contributed by atoms with Crippen molar-refractivity contribution in [1.82, 2.24) is 9.97 Å². The summed E-state index contributed by atoms with van der Waals surface area (Å²) in [7, 11) is 0. The van der Waals surface area contributed by atoms with Gasteiger partial charge in [0.05, 0.1) is 21.5 Å². The van der Waals surface area contributed by atoms with E-state index in [9.17, 15) is 0 Å². The normalized spacial score (nSPS) is 11.8. The van der Waals surface area contributed by atoms with Crippen molar-refractivity contribution >= 4 is 64.4 Å². The van der Waals surface area contributed by atoms with E-state index in [0.717, 1.165) is 70.9 Å². The molecule has 0 aliphatic rings. The zero-order valence-electron chi connectivity index (χ0n) is 25.7. The number of hydrogen-bond acceptors (Lipinski definition) is 4. The Hall–Kier alpha value is -6.10. The van der Waals surface area contributed by atoms with Crippen molar-refractivity contribution in [2.45, 2.75) is 0 Å². The minimum atomic E-state index is 0.657. The average Bonchev–Trinajstić information content (AvgIpc) is 3.72. The second-order valence-corrected chi connectivity index (χ2v) is 13.2. The van der Waals surface area contributed by atoms with Crippen molar-refractivity contribution in [2.24, 2.45) is 0 Å². The van der Waals surface area contributed by atoms with Gasteiger partial charge in [0.1, 0.15) is 11.2 Å². The van der Waals surface area contributed by atoms with Crippen molar-refractivity contribution in [3.63, 3.8) is 0 Å². The lowest BCUT2D eigenvalue weighted by molar-refractivity contribution is 0.670. The first-order valence-electron chi connectivity index (χ1n) is 16.1. The smallest absolute Gasteiger partial charge is 0.164 e. The lowest BCUT2D eigenvalue weighted by Crippen LogP contribution is -1.94. The van der Waals surface area contributed by atoms with Crippen LogP contribution in [0.3, 0.4) is 0 Å². The van der Waals surface area contributed by atoms with Crippen LogP contribution in [0.15, 0.2) is 162 Å². The van der Waals surface area contributed by atoms with Crippen molar-refractivity contribution in [3.8, 4) is 44.9 Å². The first-order valence-corrected chi connectivity index (χ1v) is 16.9. The SMILES string of the molecule is c1ccc(-c2ccc(-c3ccc(-c4nc(-c5ccccc5)c5sc6ccccc6c5n4)c4oc5cc6ccccc6cc5c34)cc2)cc1. The van der Waals surface area contributed by atoms with Crippen LogP contribution in [0.25, 0.3) is 97.9 Å². The number of rotatable bonds is 4. The summed E-state index contributed by atoms with van der Waals surface area (Å²) in [5.41, 5.74) is 10.1. The van der Waals surface area contributed by atoms with E-state index in [4.69, 9.17) is 14.4 Å². The standard InChI is InChI=1S/C44H26N2OS/c1-3-11-27(12-4-1)28-19-21-29(22-20-28)33-23-24-35(42-39(33)36-25-31-15-7-8-16-32(31)26-37(36)47-42)44-45-40(30-13-5-2-6-14-30)43-41(46-44)34-17-9-10-18-38(34)48-43/h1-26H. The second-order valence-electron chi connectivity index (χ2n) is 12.1. The molecule has 10 rings (SSSR count). The zero-order valence-corrected chi connectivity index (χ0v) is 26.5. The molecule has 0 N–H and O–H groups in total. The summed E-state index contributed by atoms with van der Waals surface area (Å²) in [6.07, 6.45) is 0. The molecule has 3 heterocycles. The van der Waals surface area contributed by atoms with E-state index >= 15 is 0 Å². The van der Waals surface area contributed by atoms with Gasteiger partial charge in [0.25, 0.3) is 0 Å². The van der Waals surface area contributed by atoms with Gasteiger partial charge in [-0.25, -0.2) is 9.97 Å². The van der Waals surface area contributed by atoms with Gasteiger partial charge in [0, 0.05) is 26.4 Å².